The molecule has 0 aliphatic heterocycles. The summed E-state index contributed by atoms with van der Waals surface area (Å²) in [6.45, 7) is -0.0912. The van der Waals surface area contributed by atoms with Gasteiger partial charge in [-0.05, 0) is 23.8 Å². The molecule has 108 valence electrons. The number of aliphatic hydroxyl groups is 1. The Morgan fingerprint density at radius 1 is 1.24 bits per heavy atom. The van der Waals surface area contributed by atoms with Crippen molar-refractivity contribution in [3.8, 4) is 0 Å². The number of anilines is 2. The average Bonchev–Trinajstić information content (AvgIpc) is 2.48. The van der Waals surface area contributed by atoms with Gasteiger partial charge in [-0.15, -0.1) is 0 Å². The first kappa shape index (κ1) is 14.5. The summed E-state index contributed by atoms with van der Waals surface area (Å²) in [6, 6.07) is 10.3. The lowest BCUT2D eigenvalue weighted by Gasteiger charge is -2.08. The maximum absolute atomic E-state index is 12.1. The standard InChI is InChI=1S/C14H13N3O4/c15-13-6-5-11(17(20)21)7-12(13)14(19)16-10-3-1-9(8-18)2-4-10/h1-7,18H,8,15H2,(H,16,19). The molecule has 0 fully saturated rings. The van der Waals surface area contributed by atoms with Gasteiger partial charge in [0.05, 0.1) is 17.1 Å². The second-order valence-corrected chi connectivity index (χ2v) is 4.34. The summed E-state index contributed by atoms with van der Waals surface area (Å²) >= 11 is 0. The molecule has 2 aromatic carbocycles. The van der Waals surface area contributed by atoms with Crippen LogP contribution in [0.2, 0.25) is 0 Å². The minimum absolute atomic E-state index is 0.0374. The number of benzene rings is 2. The molecule has 0 heterocycles. The van der Waals surface area contributed by atoms with Gasteiger partial charge in [0.15, 0.2) is 0 Å². The zero-order valence-electron chi connectivity index (χ0n) is 10.9. The van der Waals surface area contributed by atoms with E-state index in [9.17, 15) is 14.9 Å². The van der Waals surface area contributed by atoms with E-state index in [2.05, 4.69) is 5.32 Å². The Kier molecular flexibility index (Phi) is 4.15. The van der Waals surface area contributed by atoms with E-state index >= 15 is 0 Å². The number of nitrogen functional groups attached to an aromatic ring is 1. The van der Waals surface area contributed by atoms with E-state index < -0.39 is 10.8 Å². The van der Waals surface area contributed by atoms with E-state index in [4.69, 9.17) is 10.8 Å². The molecule has 0 radical (unpaired) electrons. The first-order valence-electron chi connectivity index (χ1n) is 6.06. The Balaban J connectivity index is 2.23. The number of nitro groups is 1. The zero-order valence-corrected chi connectivity index (χ0v) is 10.9. The maximum Gasteiger partial charge on any atom is 0.270 e. The maximum atomic E-state index is 12.1. The van der Waals surface area contributed by atoms with Crippen LogP contribution in [0.4, 0.5) is 17.1 Å². The van der Waals surface area contributed by atoms with Gasteiger partial charge in [0.2, 0.25) is 0 Å². The van der Waals surface area contributed by atoms with E-state index in [1.165, 1.54) is 12.1 Å². The average molecular weight is 287 g/mol. The monoisotopic (exact) mass is 287 g/mol. The number of carbonyl (C=O) groups is 1. The molecule has 0 unspecified atom stereocenters. The van der Waals surface area contributed by atoms with Gasteiger partial charge in [0.1, 0.15) is 0 Å². The predicted octanol–water partition coefficient (Wildman–Crippen LogP) is 1.92. The minimum atomic E-state index is -0.591. The van der Waals surface area contributed by atoms with Crippen LogP contribution in [-0.2, 0) is 6.61 Å². The van der Waals surface area contributed by atoms with Crippen LogP contribution < -0.4 is 11.1 Å². The third-order valence-corrected chi connectivity index (χ3v) is 2.89. The Morgan fingerprint density at radius 3 is 2.48 bits per heavy atom. The number of rotatable bonds is 4. The summed E-state index contributed by atoms with van der Waals surface area (Å²) in [6.07, 6.45) is 0. The molecule has 1 amide bonds. The lowest BCUT2D eigenvalue weighted by atomic mass is 10.1. The van der Waals surface area contributed by atoms with Crippen molar-refractivity contribution in [2.24, 2.45) is 0 Å². The topological polar surface area (TPSA) is 118 Å². The Hall–Kier alpha value is -2.93. The highest BCUT2D eigenvalue weighted by Gasteiger charge is 2.15. The van der Waals surface area contributed by atoms with Gasteiger partial charge in [-0.25, -0.2) is 0 Å². The highest BCUT2D eigenvalue weighted by Crippen LogP contribution is 2.21. The van der Waals surface area contributed by atoms with Crippen LogP contribution in [0, 0.1) is 10.1 Å². The van der Waals surface area contributed by atoms with Crippen LogP contribution in [-0.4, -0.2) is 15.9 Å². The molecule has 2 rings (SSSR count). The zero-order chi connectivity index (χ0) is 15.4. The lowest BCUT2D eigenvalue weighted by Crippen LogP contribution is -2.14. The van der Waals surface area contributed by atoms with Crippen LogP contribution >= 0.6 is 0 Å². The van der Waals surface area contributed by atoms with Crippen LogP contribution in [0.15, 0.2) is 42.5 Å². The van der Waals surface area contributed by atoms with Gasteiger partial charge in [-0.3, -0.25) is 14.9 Å². The Labute approximate surface area is 120 Å². The molecular weight excluding hydrogens is 274 g/mol. The molecule has 0 spiro atoms. The summed E-state index contributed by atoms with van der Waals surface area (Å²) < 4.78 is 0. The summed E-state index contributed by atoms with van der Waals surface area (Å²) in [5, 5.41) is 22.3. The minimum Gasteiger partial charge on any atom is -0.398 e. The van der Waals surface area contributed by atoms with Crippen LogP contribution in [0.3, 0.4) is 0 Å². The second kappa shape index (κ2) is 6.02. The highest BCUT2D eigenvalue weighted by molar-refractivity contribution is 6.08. The van der Waals surface area contributed by atoms with Gasteiger partial charge in [-0.1, -0.05) is 12.1 Å². The normalized spacial score (nSPS) is 10.1. The molecule has 21 heavy (non-hydrogen) atoms. The van der Waals surface area contributed by atoms with E-state index in [-0.39, 0.29) is 23.5 Å². The quantitative estimate of drug-likeness (QED) is 0.451. The molecule has 7 heteroatoms. The molecule has 7 nitrogen and oxygen atoms in total. The fourth-order valence-corrected chi connectivity index (χ4v) is 1.75. The van der Waals surface area contributed by atoms with Gasteiger partial charge in [-0.2, -0.15) is 0 Å². The third kappa shape index (κ3) is 3.34. The van der Waals surface area contributed by atoms with Gasteiger partial charge < -0.3 is 16.2 Å². The van der Waals surface area contributed by atoms with Crippen molar-refractivity contribution in [3.63, 3.8) is 0 Å². The van der Waals surface area contributed by atoms with Crippen LogP contribution in [0.1, 0.15) is 15.9 Å². The number of aliphatic hydroxyl groups excluding tert-OH is 1. The highest BCUT2D eigenvalue weighted by atomic mass is 16.6. The summed E-state index contributed by atoms with van der Waals surface area (Å²) in [7, 11) is 0. The molecule has 0 aliphatic carbocycles. The third-order valence-electron chi connectivity index (χ3n) is 2.89. The fraction of sp³-hybridized carbons (Fsp3) is 0.0714. The molecular formula is C14H13N3O4. The van der Waals surface area contributed by atoms with E-state index in [1.54, 1.807) is 24.3 Å². The number of hydrogen-bond acceptors (Lipinski definition) is 5. The number of carbonyl (C=O) groups excluding carboxylic acids is 1. The van der Waals surface area contributed by atoms with Gasteiger partial charge in [0.25, 0.3) is 11.6 Å². The number of nitrogens with one attached hydrogen (secondary N) is 1. The SMILES string of the molecule is Nc1ccc([N+](=O)[O-])cc1C(=O)Nc1ccc(CO)cc1. The van der Waals surface area contributed by atoms with Crippen molar-refractivity contribution in [1.29, 1.82) is 0 Å². The number of amides is 1. The summed E-state index contributed by atoms with van der Waals surface area (Å²) in [4.78, 5) is 22.2. The van der Waals surface area contributed by atoms with Crippen LogP contribution in [0.5, 0.6) is 0 Å². The van der Waals surface area contributed by atoms with Crippen molar-refractivity contribution in [2.75, 3.05) is 11.1 Å². The Morgan fingerprint density at radius 2 is 1.90 bits per heavy atom. The van der Waals surface area contributed by atoms with Crippen molar-refractivity contribution >= 4 is 23.0 Å². The van der Waals surface area contributed by atoms with E-state index in [0.717, 1.165) is 6.07 Å². The van der Waals surface area contributed by atoms with Crippen molar-refractivity contribution < 1.29 is 14.8 Å². The van der Waals surface area contributed by atoms with Crippen molar-refractivity contribution in [3.05, 3.63) is 63.7 Å². The molecule has 0 saturated carbocycles. The largest absolute Gasteiger partial charge is 0.398 e. The lowest BCUT2D eigenvalue weighted by molar-refractivity contribution is -0.384. The first-order chi connectivity index (χ1) is 10.0. The predicted molar refractivity (Wildman–Crippen MR) is 77.8 cm³/mol. The molecule has 0 bridgehead atoms. The Bertz CT molecular complexity index is 683. The number of nitrogens with zero attached hydrogens (tertiary/aromatic N) is 1. The summed E-state index contributed by atoms with van der Waals surface area (Å²) in [5.41, 5.74) is 6.88. The van der Waals surface area contributed by atoms with Crippen molar-refractivity contribution in [2.45, 2.75) is 6.61 Å². The molecule has 0 saturated heterocycles. The molecule has 4 N–H and O–H groups in total. The first-order valence-corrected chi connectivity index (χ1v) is 6.06. The van der Waals surface area contributed by atoms with E-state index in [1.807, 2.05) is 0 Å². The smallest absolute Gasteiger partial charge is 0.270 e. The second-order valence-electron chi connectivity index (χ2n) is 4.34. The number of non-ortho nitro benzene ring substituents is 1. The number of nitro benzene ring substituents is 1. The van der Waals surface area contributed by atoms with Gasteiger partial charge in [0, 0.05) is 23.5 Å². The molecule has 0 aromatic heterocycles. The summed E-state index contributed by atoms with van der Waals surface area (Å²) in [5.74, 6) is -0.534. The van der Waals surface area contributed by atoms with Gasteiger partial charge >= 0.3 is 0 Å². The molecule has 2 aromatic rings. The van der Waals surface area contributed by atoms with Crippen molar-refractivity contribution in [1.82, 2.24) is 0 Å². The molecule has 0 aliphatic rings. The van der Waals surface area contributed by atoms with E-state index in [0.29, 0.717) is 11.3 Å². The number of nitrogens with two attached hydrogens (primary N) is 1. The fourth-order valence-electron chi connectivity index (χ4n) is 1.75. The van der Waals surface area contributed by atoms with Crippen LogP contribution in [0.25, 0.3) is 0 Å². The number of hydrogen-bond donors (Lipinski definition) is 3. The molecule has 0 atom stereocenters.